The molecule has 0 saturated heterocycles. The highest BCUT2D eigenvalue weighted by Crippen LogP contribution is 2.04. The molecule has 110 valence electrons. The Labute approximate surface area is 121 Å². The average molecular weight is 284 g/mol. The Balaban J connectivity index is 2.44. The zero-order valence-electron chi connectivity index (χ0n) is 15.5. The minimum atomic E-state index is -2.58. The molecule has 0 spiro atoms. The molecular weight excluding hydrogens is 260 g/mol. The van der Waals surface area contributed by atoms with Crippen molar-refractivity contribution in [2.45, 2.75) is 38.8 Å². The molecule has 0 radical (unpaired) electrons. The third-order valence-corrected chi connectivity index (χ3v) is 3.20. The lowest BCUT2D eigenvalue weighted by atomic mass is 10.2. The van der Waals surface area contributed by atoms with Crippen LogP contribution in [-0.4, -0.2) is 29.9 Å². The van der Waals surface area contributed by atoms with Crippen molar-refractivity contribution >= 4 is 11.2 Å². The van der Waals surface area contributed by atoms with Gasteiger partial charge in [-0.3, -0.25) is 13.9 Å². The van der Waals surface area contributed by atoms with E-state index in [1.165, 1.54) is 14.0 Å². The molecule has 7 heteroatoms. The summed E-state index contributed by atoms with van der Waals surface area (Å²) in [5, 5.41) is 9.37. The SMILES string of the molecule is [2H]C([2H])([2H])n1cnc2c1c(=O)n(CCCC[C@@]([2H])(C)O)c(=O)n2C. The lowest BCUT2D eigenvalue weighted by Gasteiger charge is -2.09. The summed E-state index contributed by atoms with van der Waals surface area (Å²) in [6, 6.07) is 0. The molecule has 7 nitrogen and oxygen atoms in total. The van der Waals surface area contributed by atoms with Gasteiger partial charge in [-0.05, 0) is 26.2 Å². The van der Waals surface area contributed by atoms with E-state index in [2.05, 4.69) is 4.98 Å². The van der Waals surface area contributed by atoms with E-state index in [0.29, 0.717) is 12.8 Å². The Kier molecular flexibility index (Phi) is 2.79. The second kappa shape index (κ2) is 5.62. The summed E-state index contributed by atoms with van der Waals surface area (Å²) in [7, 11) is 1.42. The largest absolute Gasteiger partial charge is 0.393 e. The molecule has 0 aliphatic carbocycles. The lowest BCUT2D eigenvalue weighted by molar-refractivity contribution is 0.180. The molecule has 2 aromatic rings. The van der Waals surface area contributed by atoms with Gasteiger partial charge in [0.05, 0.1) is 13.8 Å². The quantitative estimate of drug-likeness (QED) is 0.783. The van der Waals surface area contributed by atoms with Crippen molar-refractivity contribution in [1.29, 1.82) is 0 Å². The fourth-order valence-corrected chi connectivity index (χ4v) is 2.12. The van der Waals surface area contributed by atoms with Gasteiger partial charge in [0.25, 0.3) is 5.56 Å². The number of aliphatic hydroxyl groups is 1. The first-order valence-corrected chi connectivity index (χ1v) is 6.33. The molecule has 1 atom stereocenters. The normalized spacial score (nSPS) is 18.1. The van der Waals surface area contributed by atoms with Gasteiger partial charge in [0.2, 0.25) is 0 Å². The van der Waals surface area contributed by atoms with Crippen molar-refractivity contribution in [3.8, 4) is 0 Å². The number of hydrogen-bond donors (Lipinski definition) is 1. The number of aromatic nitrogens is 4. The number of hydrogen-bond acceptors (Lipinski definition) is 4. The van der Waals surface area contributed by atoms with Crippen LogP contribution in [0.2, 0.25) is 0 Å². The number of fused-ring (bicyclic) bond motifs is 1. The summed E-state index contributed by atoms with van der Waals surface area (Å²) in [5.74, 6) is 0. The Morgan fingerprint density at radius 3 is 2.90 bits per heavy atom. The molecule has 20 heavy (non-hydrogen) atoms. The zero-order chi connectivity index (χ0) is 18.3. The van der Waals surface area contributed by atoms with Crippen molar-refractivity contribution in [1.82, 2.24) is 18.7 Å². The van der Waals surface area contributed by atoms with Crippen LogP contribution in [0.15, 0.2) is 15.9 Å². The molecule has 0 aromatic carbocycles. The monoisotopic (exact) mass is 284 g/mol. The molecule has 0 fully saturated rings. The van der Waals surface area contributed by atoms with Gasteiger partial charge >= 0.3 is 5.69 Å². The molecule has 0 bridgehead atoms. The van der Waals surface area contributed by atoms with Crippen molar-refractivity contribution in [3.63, 3.8) is 0 Å². The second-order valence-corrected chi connectivity index (χ2v) is 4.78. The summed E-state index contributed by atoms with van der Waals surface area (Å²) in [6.07, 6.45) is 0.525. The van der Waals surface area contributed by atoms with E-state index >= 15 is 0 Å². The topological polar surface area (TPSA) is 82.1 Å². The number of imidazole rings is 1. The summed E-state index contributed by atoms with van der Waals surface area (Å²) in [4.78, 5) is 28.7. The molecular formula is C13H20N4O3. The van der Waals surface area contributed by atoms with Crippen LogP contribution in [0, 0.1) is 0 Å². The zero-order valence-corrected chi connectivity index (χ0v) is 11.5. The van der Waals surface area contributed by atoms with E-state index in [9.17, 15) is 14.7 Å². The number of rotatable bonds is 5. The van der Waals surface area contributed by atoms with Crippen LogP contribution in [0.1, 0.15) is 31.7 Å². The highest BCUT2D eigenvalue weighted by molar-refractivity contribution is 5.69. The minimum absolute atomic E-state index is 0.0199. The van der Waals surface area contributed by atoms with Gasteiger partial charge < -0.3 is 9.67 Å². The van der Waals surface area contributed by atoms with E-state index in [4.69, 9.17) is 5.48 Å². The molecule has 2 heterocycles. The highest BCUT2D eigenvalue weighted by atomic mass is 16.3. The third kappa shape index (κ3) is 2.53. The third-order valence-electron chi connectivity index (χ3n) is 3.20. The van der Waals surface area contributed by atoms with Gasteiger partial charge in [-0.25, -0.2) is 9.78 Å². The molecule has 0 amide bonds. The Hall–Kier alpha value is -1.89. The van der Waals surface area contributed by atoms with Crippen molar-refractivity contribution < 1.29 is 10.6 Å². The molecule has 0 aliphatic heterocycles. The predicted octanol–water partition coefficient (Wildman–Crippen LogP) is -0.0152. The Bertz CT molecular complexity index is 857. The second-order valence-electron chi connectivity index (χ2n) is 4.78. The number of nitrogens with zero attached hydrogens (tertiary/aromatic N) is 4. The number of aryl methyl sites for hydroxylation is 2. The van der Waals surface area contributed by atoms with E-state index in [1.807, 2.05) is 0 Å². The molecule has 1 N–H and O–H groups in total. The van der Waals surface area contributed by atoms with Crippen LogP contribution in [0.25, 0.3) is 11.2 Å². The Morgan fingerprint density at radius 1 is 1.50 bits per heavy atom. The first-order chi connectivity index (χ1) is 10.9. The standard InChI is InChI=1S/C13H20N4O3/c1-9(18)6-4-5-7-17-12(19)10-11(14-8-15(10)2)16(3)13(17)20/h8-9,18H,4-7H2,1-3H3/t9-/m1/s1/i2D3,9D. The van der Waals surface area contributed by atoms with Crippen LogP contribution in [0.5, 0.6) is 0 Å². The minimum Gasteiger partial charge on any atom is -0.393 e. The lowest BCUT2D eigenvalue weighted by Crippen LogP contribution is -2.39. The highest BCUT2D eigenvalue weighted by Gasteiger charge is 2.14. The molecule has 0 unspecified atom stereocenters. The average Bonchev–Trinajstić information content (AvgIpc) is 2.88. The summed E-state index contributed by atoms with van der Waals surface area (Å²) < 4.78 is 32.7. The van der Waals surface area contributed by atoms with Crippen LogP contribution in [-0.2, 0) is 20.6 Å². The fourth-order valence-electron chi connectivity index (χ4n) is 2.12. The maximum Gasteiger partial charge on any atom is 0.332 e. The molecule has 0 saturated carbocycles. The maximum atomic E-state index is 12.6. The molecule has 2 aromatic heterocycles. The van der Waals surface area contributed by atoms with Crippen molar-refractivity contribution in [2.75, 3.05) is 0 Å². The van der Waals surface area contributed by atoms with Gasteiger partial charge in [0.1, 0.15) is 0 Å². The predicted molar refractivity (Wildman–Crippen MR) is 75.7 cm³/mol. The van der Waals surface area contributed by atoms with Crippen molar-refractivity contribution in [3.05, 3.63) is 27.2 Å². The van der Waals surface area contributed by atoms with E-state index in [1.54, 1.807) is 0 Å². The van der Waals surface area contributed by atoms with Gasteiger partial charge in [-0.2, -0.15) is 0 Å². The van der Waals surface area contributed by atoms with Gasteiger partial charge in [-0.1, -0.05) is 0 Å². The Morgan fingerprint density at radius 2 is 2.25 bits per heavy atom. The molecule has 2 rings (SSSR count). The first-order valence-electron chi connectivity index (χ1n) is 8.33. The van der Waals surface area contributed by atoms with Crippen LogP contribution in [0.4, 0.5) is 0 Å². The van der Waals surface area contributed by atoms with E-state index < -0.39 is 24.3 Å². The maximum absolute atomic E-state index is 12.6. The van der Waals surface area contributed by atoms with E-state index in [0.717, 1.165) is 20.0 Å². The summed E-state index contributed by atoms with van der Waals surface area (Å²) in [6.45, 7) is -1.14. The van der Waals surface area contributed by atoms with Crippen LogP contribution in [0.3, 0.4) is 0 Å². The molecule has 0 aliphatic rings. The summed E-state index contributed by atoms with van der Waals surface area (Å²) in [5.41, 5.74) is -1.42. The van der Waals surface area contributed by atoms with Crippen LogP contribution >= 0.6 is 0 Å². The van der Waals surface area contributed by atoms with Crippen molar-refractivity contribution in [2.24, 2.45) is 14.0 Å². The smallest absolute Gasteiger partial charge is 0.332 e. The summed E-state index contributed by atoms with van der Waals surface area (Å²) >= 11 is 0. The van der Waals surface area contributed by atoms with E-state index in [-0.39, 0.29) is 24.1 Å². The van der Waals surface area contributed by atoms with Gasteiger partial charge in [0, 0.05) is 24.7 Å². The van der Waals surface area contributed by atoms with Crippen LogP contribution < -0.4 is 11.2 Å². The first kappa shape index (κ1) is 9.93. The fraction of sp³-hybridized carbons (Fsp3) is 0.615. The van der Waals surface area contributed by atoms with Gasteiger partial charge in [0.15, 0.2) is 11.2 Å². The number of unbranched alkanes of at least 4 members (excludes halogenated alkanes) is 1. The van der Waals surface area contributed by atoms with Gasteiger partial charge in [-0.15, -0.1) is 0 Å².